The predicted octanol–water partition coefficient (Wildman–Crippen LogP) is 11.4. The molecule has 1 nitrogen and oxygen atoms in total. The van der Waals surface area contributed by atoms with Crippen LogP contribution >= 0.6 is 0 Å². The average molecular weight is 544 g/mol. The molecule has 1 heteroatoms. The number of rotatable bonds is 23. The van der Waals surface area contributed by atoms with Crippen LogP contribution in [0, 0.1) is 5.92 Å². The molecule has 2 rings (SSSR count). The van der Waals surface area contributed by atoms with Gasteiger partial charge in [0.25, 0.3) is 0 Å². The van der Waals surface area contributed by atoms with Crippen LogP contribution in [0.25, 0.3) is 0 Å². The normalized spacial score (nSPS) is 13.9. The molecule has 40 heavy (non-hydrogen) atoms. The van der Waals surface area contributed by atoms with Gasteiger partial charge in [0.15, 0.2) is 0 Å². The van der Waals surface area contributed by atoms with Crippen molar-refractivity contribution in [3.8, 4) is 0 Å². The zero-order valence-electron chi connectivity index (χ0n) is 26.6. The molecule has 1 N–H and O–H groups in total. The number of hydrogen-bond donors (Lipinski definition) is 1. The van der Waals surface area contributed by atoms with Crippen LogP contribution in [0.5, 0.6) is 0 Å². The highest BCUT2D eigenvalue weighted by Gasteiger charge is 2.11. The summed E-state index contributed by atoms with van der Waals surface area (Å²) in [5.41, 5.74) is 5.66. The van der Waals surface area contributed by atoms with E-state index in [0.717, 1.165) is 18.8 Å². The van der Waals surface area contributed by atoms with Crippen molar-refractivity contribution >= 4 is 0 Å². The summed E-state index contributed by atoms with van der Waals surface area (Å²) in [6.45, 7) is 13.7. The summed E-state index contributed by atoms with van der Waals surface area (Å²) in [5.74, 6) is 0.719. The van der Waals surface area contributed by atoms with Crippen LogP contribution in [0.15, 0.2) is 78.9 Å². The van der Waals surface area contributed by atoms with E-state index in [9.17, 15) is 0 Å². The number of unbranched alkanes of at least 4 members (excludes halogenated alkanes) is 8. The van der Waals surface area contributed by atoms with Crippen molar-refractivity contribution in [3.63, 3.8) is 0 Å². The minimum absolute atomic E-state index is 0.487. The van der Waals surface area contributed by atoms with Gasteiger partial charge in [-0.1, -0.05) is 131 Å². The first-order valence-electron chi connectivity index (χ1n) is 16.7. The minimum atomic E-state index is 0.487. The number of benzene rings is 2. The van der Waals surface area contributed by atoms with Gasteiger partial charge in [-0.25, -0.2) is 0 Å². The van der Waals surface area contributed by atoms with Crippen LogP contribution in [-0.2, 0) is 12.8 Å². The summed E-state index contributed by atoms with van der Waals surface area (Å²) in [4.78, 5) is 0. The molecular formula is C39H61N. The average Bonchev–Trinajstić information content (AvgIpc) is 2.93. The first kappa shape index (κ1) is 34.1. The molecule has 0 aromatic heterocycles. The van der Waals surface area contributed by atoms with Gasteiger partial charge in [-0.3, -0.25) is 0 Å². The van der Waals surface area contributed by atoms with Gasteiger partial charge in [0.05, 0.1) is 0 Å². The van der Waals surface area contributed by atoms with Crippen LogP contribution in [0.3, 0.4) is 0 Å². The Morgan fingerprint density at radius 2 is 1.30 bits per heavy atom. The van der Waals surface area contributed by atoms with Crippen LogP contribution in [0.4, 0.5) is 0 Å². The highest BCUT2D eigenvalue weighted by Crippen LogP contribution is 2.17. The molecule has 0 amide bonds. The Morgan fingerprint density at radius 1 is 0.700 bits per heavy atom. The molecule has 2 aromatic rings. The van der Waals surface area contributed by atoms with Crippen molar-refractivity contribution in [2.45, 2.75) is 143 Å². The molecule has 0 saturated heterocycles. The molecule has 0 aliphatic rings. The maximum absolute atomic E-state index is 4.30. The SMILES string of the molecule is C=C(CCCCCCC)CCCCCC/C=C/CC(C)CC(C)NC(C)Cc1ccc(Cc2ccccc2)cc1. The van der Waals surface area contributed by atoms with Crippen molar-refractivity contribution in [3.05, 3.63) is 95.6 Å². The molecule has 0 aliphatic heterocycles. The van der Waals surface area contributed by atoms with Gasteiger partial charge in [0.1, 0.15) is 0 Å². The predicted molar refractivity (Wildman–Crippen MR) is 179 cm³/mol. The van der Waals surface area contributed by atoms with Crippen molar-refractivity contribution in [1.82, 2.24) is 5.32 Å². The van der Waals surface area contributed by atoms with E-state index in [1.807, 2.05) is 0 Å². The van der Waals surface area contributed by atoms with E-state index >= 15 is 0 Å². The van der Waals surface area contributed by atoms with E-state index in [0.29, 0.717) is 12.1 Å². The lowest BCUT2D eigenvalue weighted by Crippen LogP contribution is -2.36. The number of nitrogens with one attached hydrogen (secondary N) is 1. The van der Waals surface area contributed by atoms with Gasteiger partial charge in [0.2, 0.25) is 0 Å². The van der Waals surface area contributed by atoms with Crippen LogP contribution < -0.4 is 5.32 Å². The molecule has 222 valence electrons. The molecule has 0 spiro atoms. The third-order valence-electron chi connectivity index (χ3n) is 8.13. The van der Waals surface area contributed by atoms with Gasteiger partial charge < -0.3 is 5.32 Å². The van der Waals surface area contributed by atoms with Crippen LogP contribution in [0.1, 0.15) is 134 Å². The summed E-state index contributed by atoms with van der Waals surface area (Å²) < 4.78 is 0. The summed E-state index contributed by atoms with van der Waals surface area (Å²) in [7, 11) is 0. The fourth-order valence-corrected chi connectivity index (χ4v) is 5.83. The summed E-state index contributed by atoms with van der Waals surface area (Å²) in [5, 5.41) is 3.84. The van der Waals surface area contributed by atoms with Gasteiger partial charge >= 0.3 is 0 Å². The second-order valence-corrected chi connectivity index (χ2v) is 12.6. The van der Waals surface area contributed by atoms with Gasteiger partial charge in [-0.05, 0) is 101 Å². The van der Waals surface area contributed by atoms with E-state index in [1.54, 1.807) is 0 Å². The van der Waals surface area contributed by atoms with E-state index in [2.05, 4.69) is 106 Å². The molecule has 3 unspecified atom stereocenters. The molecule has 0 saturated carbocycles. The lowest BCUT2D eigenvalue weighted by Gasteiger charge is -2.22. The molecule has 2 aromatic carbocycles. The largest absolute Gasteiger partial charge is 0.311 e. The lowest BCUT2D eigenvalue weighted by molar-refractivity contribution is 0.387. The second kappa shape index (κ2) is 21.6. The third kappa shape index (κ3) is 16.9. The van der Waals surface area contributed by atoms with Crippen molar-refractivity contribution in [2.75, 3.05) is 0 Å². The van der Waals surface area contributed by atoms with E-state index < -0.39 is 0 Å². The zero-order chi connectivity index (χ0) is 28.8. The molecular weight excluding hydrogens is 482 g/mol. The standard InChI is InChI=1S/C39H61N/c1-6-7-8-12-16-21-33(2)22-17-13-10-9-11-14-18-23-34(3)30-35(4)40-36(5)31-38-26-28-39(29-27-38)32-37-24-19-15-20-25-37/h14-15,18-20,24-29,34-36,40H,2,6-13,16-17,21-23,30-32H2,1,3-5H3/b18-14+. The van der Waals surface area contributed by atoms with E-state index in [4.69, 9.17) is 0 Å². The topological polar surface area (TPSA) is 12.0 Å². The smallest absolute Gasteiger partial charge is 0.00816 e. The molecule has 0 radical (unpaired) electrons. The quantitative estimate of drug-likeness (QED) is 0.109. The Labute approximate surface area is 249 Å². The fraction of sp³-hybridized carbons (Fsp3) is 0.590. The van der Waals surface area contributed by atoms with Crippen molar-refractivity contribution < 1.29 is 0 Å². The van der Waals surface area contributed by atoms with E-state index in [1.165, 1.54) is 112 Å². The highest BCUT2D eigenvalue weighted by atomic mass is 14.9. The first-order valence-corrected chi connectivity index (χ1v) is 16.7. The van der Waals surface area contributed by atoms with Crippen molar-refractivity contribution in [1.29, 1.82) is 0 Å². The Hall–Kier alpha value is -2.12. The first-order chi connectivity index (χ1) is 19.5. The van der Waals surface area contributed by atoms with Crippen molar-refractivity contribution in [2.24, 2.45) is 5.92 Å². The Morgan fingerprint density at radius 3 is 1.98 bits per heavy atom. The fourth-order valence-electron chi connectivity index (χ4n) is 5.83. The Balaban J connectivity index is 1.49. The minimum Gasteiger partial charge on any atom is -0.311 e. The highest BCUT2D eigenvalue weighted by molar-refractivity contribution is 5.29. The zero-order valence-corrected chi connectivity index (χ0v) is 26.6. The lowest BCUT2D eigenvalue weighted by atomic mass is 9.97. The molecule has 0 fully saturated rings. The number of allylic oxidation sites excluding steroid dienone is 3. The Kier molecular flexibility index (Phi) is 18.4. The third-order valence-corrected chi connectivity index (χ3v) is 8.13. The maximum atomic E-state index is 4.30. The summed E-state index contributed by atoms with van der Waals surface area (Å²) >= 11 is 0. The number of hydrogen-bond acceptors (Lipinski definition) is 1. The Bertz CT molecular complexity index is 910. The molecule has 0 heterocycles. The monoisotopic (exact) mass is 543 g/mol. The molecule has 3 atom stereocenters. The summed E-state index contributed by atoms with van der Waals surface area (Å²) in [6, 6.07) is 21.0. The van der Waals surface area contributed by atoms with Gasteiger partial charge in [-0.2, -0.15) is 0 Å². The molecule has 0 aliphatic carbocycles. The van der Waals surface area contributed by atoms with Crippen LogP contribution in [-0.4, -0.2) is 12.1 Å². The molecule has 0 bridgehead atoms. The van der Waals surface area contributed by atoms with Gasteiger partial charge in [-0.15, -0.1) is 0 Å². The second-order valence-electron chi connectivity index (χ2n) is 12.6. The van der Waals surface area contributed by atoms with Gasteiger partial charge in [0, 0.05) is 12.1 Å². The maximum Gasteiger partial charge on any atom is 0.00816 e. The summed E-state index contributed by atoms with van der Waals surface area (Å²) in [6.07, 6.45) is 25.3. The van der Waals surface area contributed by atoms with Crippen LogP contribution in [0.2, 0.25) is 0 Å². The van der Waals surface area contributed by atoms with E-state index in [-0.39, 0.29) is 0 Å².